The summed E-state index contributed by atoms with van der Waals surface area (Å²) < 4.78 is 0. The molecule has 5 heteroatoms. The van der Waals surface area contributed by atoms with Gasteiger partial charge in [-0.15, -0.1) is 0 Å². The van der Waals surface area contributed by atoms with Gasteiger partial charge < -0.3 is 0 Å². The van der Waals surface area contributed by atoms with Gasteiger partial charge in [0.25, 0.3) is 0 Å². The minimum absolute atomic E-state index is 0.417. The number of hydrogen-bond donors (Lipinski definition) is 0. The van der Waals surface area contributed by atoms with E-state index >= 15 is 0 Å². The van der Waals surface area contributed by atoms with E-state index in [1.54, 1.807) is 0 Å². The molecule has 0 aliphatic carbocycles. The van der Waals surface area contributed by atoms with Gasteiger partial charge in [-0.1, -0.05) is 116 Å². The van der Waals surface area contributed by atoms with E-state index in [1.807, 2.05) is 0 Å². The van der Waals surface area contributed by atoms with Gasteiger partial charge in [-0.3, -0.25) is 0 Å². The van der Waals surface area contributed by atoms with Crippen molar-refractivity contribution in [2.24, 2.45) is 0 Å². The van der Waals surface area contributed by atoms with Crippen molar-refractivity contribution in [3.05, 3.63) is 95.1 Å². The molecule has 0 saturated heterocycles. The Morgan fingerprint density at radius 1 is 0.463 bits per heavy atom. The molecule has 0 spiro atoms. The molecule has 0 radical (unpaired) electrons. The van der Waals surface area contributed by atoms with Crippen LogP contribution < -0.4 is 0 Å². The van der Waals surface area contributed by atoms with Gasteiger partial charge in [0.1, 0.15) is 0 Å². The molecule has 5 aromatic rings. The number of rotatable bonds is 6. The van der Waals surface area contributed by atoms with Crippen molar-refractivity contribution in [3.63, 3.8) is 0 Å². The number of hydrogen-bond acceptors (Lipinski definition) is 2. The molecule has 2 aromatic heterocycles. The first-order valence-electron chi connectivity index (χ1n) is 14.4. The quantitative estimate of drug-likeness (QED) is 0.129. The fourth-order valence-electron chi connectivity index (χ4n) is 5.74. The maximum absolute atomic E-state index is 5.35. The van der Waals surface area contributed by atoms with E-state index in [2.05, 4.69) is 157 Å². The Bertz CT molecular complexity index is 1480. The number of benzene rings is 3. The molecule has 0 bridgehead atoms. The third-order valence-electron chi connectivity index (χ3n) is 7.78. The maximum atomic E-state index is 5.35. The summed E-state index contributed by atoms with van der Waals surface area (Å²) in [6.07, 6.45) is 0. The Labute approximate surface area is 266 Å². The van der Waals surface area contributed by atoms with E-state index in [1.165, 1.54) is 44.3 Å². The van der Waals surface area contributed by atoms with E-state index < -0.39 is 0 Å². The first-order chi connectivity index (χ1) is 19.6. The molecular weight excluding hydrogens is 679 g/mol. The monoisotopic (exact) mass is 716 g/mol. The average Bonchev–Trinajstić information content (AvgIpc) is 2.96. The Kier molecular flexibility index (Phi) is 10.8. The number of aromatic nitrogens is 2. The summed E-state index contributed by atoms with van der Waals surface area (Å²) in [5.41, 5.74) is 12.0. The fourth-order valence-corrected chi connectivity index (χ4v) is 5.74. The molecule has 2 nitrogen and oxygen atoms in total. The van der Waals surface area contributed by atoms with Crippen molar-refractivity contribution < 1.29 is 10.9 Å². The Balaban J connectivity index is 0.00000124. The van der Waals surface area contributed by atoms with Crippen LogP contribution in [0.25, 0.3) is 44.3 Å². The molecule has 0 fully saturated rings. The van der Waals surface area contributed by atoms with Crippen LogP contribution in [0.3, 0.4) is 0 Å². The van der Waals surface area contributed by atoms with E-state index in [9.17, 15) is 0 Å². The van der Waals surface area contributed by atoms with Crippen molar-refractivity contribution in [3.8, 4) is 22.5 Å². The summed E-state index contributed by atoms with van der Waals surface area (Å²) in [7, 11) is 1.25. The molecule has 0 aliphatic rings. The SMILES string of the molecule is CC(C)c1cccc(C(C)C)c1-c1ccc2ccc3ccc(-c4c(C(C)C)cccc4C(C)C)nc3c2n1.[Br][Ni][Br]. The Morgan fingerprint density at radius 3 is 1.00 bits per heavy atom. The Morgan fingerprint density at radius 2 is 0.732 bits per heavy atom. The molecule has 41 heavy (non-hydrogen) atoms. The van der Waals surface area contributed by atoms with Gasteiger partial charge in [0.05, 0.1) is 22.4 Å². The normalized spacial score (nSPS) is 11.8. The van der Waals surface area contributed by atoms with Crippen LogP contribution in [0.1, 0.15) is 101 Å². The van der Waals surface area contributed by atoms with Crippen LogP contribution in [0.2, 0.25) is 0 Å². The summed E-state index contributed by atoms with van der Waals surface area (Å²) in [6, 6.07) is 26.6. The van der Waals surface area contributed by atoms with Crippen LogP contribution in [0.15, 0.2) is 72.8 Å². The van der Waals surface area contributed by atoms with E-state index in [4.69, 9.17) is 9.97 Å². The Hall–Kier alpha value is -2.07. The molecule has 0 N–H and O–H groups in total. The second-order valence-corrected chi connectivity index (χ2v) is 16.9. The molecule has 0 aliphatic heterocycles. The third kappa shape index (κ3) is 6.79. The zero-order valence-corrected chi connectivity index (χ0v) is 29.4. The molecule has 0 saturated carbocycles. The third-order valence-corrected chi connectivity index (χ3v) is 7.78. The predicted octanol–water partition coefficient (Wildman–Crippen LogP) is 12.3. The fraction of sp³-hybridized carbons (Fsp3) is 0.333. The van der Waals surface area contributed by atoms with Gasteiger partial charge in [0, 0.05) is 21.9 Å². The van der Waals surface area contributed by atoms with E-state index in [0.29, 0.717) is 23.7 Å². The minimum atomic E-state index is 0.417. The zero-order valence-electron chi connectivity index (χ0n) is 25.2. The molecule has 3 aromatic carbocycles. The molecule has 218 valence electrons. The van der Waals surface area contributed by atoms with Gasteiger partial charge in [0.2, 0.25) is 0 Å². The molecular formula is C36H40Br2N2Ni. The number of fused-ring (bicyclic) bond motifs is 3. The van der Waals surface area contributed by atoms with E-state index in [0.717, 1.165) is 33.2 Å². The number of nitrogens with zero attached hydrogens (tertiary/aromatic N) is 2. The van der Waals surface area contributed by atoms with Gasteiger partial charge in [-0.2, -0.15) is 0 Å². The van der Waals surface area contributed by atoms with Crippen LogP contribution in [0.5, 0.6) is 0 Å². The topological polar surface area (TPSA) is 25.8 Å². The summed E-state index contributed by atoms with van der Waals surface area (Å²) in [4.78, 5) is 10.7. The van der Waals surface area contributed by atoms with Crippen LogP contribution in [0.4, 0.5) is 0 Å². The predicted molar refractivity (Wildman–Crippen MR) is 182 cm³/mol. The summed E-state index contributed by atoms with van der Waals surface area (Å²) >= 11 is 6.00. The summed E-state index contributed by atoms with van der Waals surface area (Å²) in [6.45, 7) is 18.2. The van der Waals surface area contributed by atoms with Crippen LogP contribution in [-0.4, -0.2) is 9.97 Å². The van der Waals surface area contributed by atoms with Crippen molar-refractivity contribution in [1.29, 1.82) is 0 Å². The second-order valence-electron chi connectivity index (χ2n) is 11.9. The van der Waals surface area contributed by atoms with Crippen LogP contribution in [-0.2, 0) is 10.9 Å². The van der Waals surface area contributed by atoms with Crippen molar-refractivity contribution in [1.82, 2.24) is 9.97 Å². The second kappa shape index (κ2) is 13.9. The molecule has 5 rings (SSSR count). The standard InChI is InChI=1S/C36H40N2.2BrH.Ni/c1-21(2)27-11-9-12-28(22(3)4)33(27)31-19-17-25-15-16-26-18-20-32(38-36(26)35(25)37-31)34-29(23(5)6)13-10-14-30(34)24(7)8;;;/h9-24H,1-8H3;2*1H;/q;;;+2/p-2. The number of halogens is 2. The van der Waals surface area contributed by atoms with Crippen LogP contribution in [0, 0.1) is 0 Å². The van der Waals surface area contributed by atoms with Crippen molar-refractivity contribution in [2.75, 3.05) is 0 Å². The zero-order chi connectivity index (χ0) is 29.8. The molecule has 0 atom stereocenters. The molecule has 0 amide bonds. The van der Waals surface area contributed by atoms with Gasteiger partial charge >= 0.3 is 39.3 Å². The first kappa shape index (κ1) is 31.9. The van der Waals surface area contributed by atoms with Crippen LogP contribution >= 0.6 is 28.5 Å². The summed E-state index contributed by atoms with van der Waals surface area (Å²) in [5, 5.41) is 2.25. The van der Waals surface area contributed by atoms with Gasteiger partial charge in [-0.25, -0.2) is 9.97 Å². The van der Waals surface area contributed by atoms with Gasteiger partial charge in [-0.05, 0) is 58.1 Å². The average molecular weight is 719 g/mol. The van der Waals surface area contributed by atoms with E-state index in [-0.39, 0.29) is 0 Å². The van der Waals surface area contributed by atoms with Crippen molar-refractivity contribution >= 4 is 50.3 Å². The molecule has 0 unspecified atom stereocenters. The summed E-state index contributed by atoms with van der Waals surface area (Å²) in [5.74, 6) is 1.67. The number of pyridine rings is 2. The van der Waals surface area contributed by atoms with Crippen molar-refractivity contribution in [2.45, 2.75) is 79.1 Å². The first-order valence-corrected chi connectivity index (χ1v) is 19.3. The molecule has 2 heterocycles. The van der Waals surface area contributed by atoms with Gasteiger partial charge in [0.15, 0.2) is 0 Å².